The van der Waals surface area contributed by atoms with E-state index in [2.05, 4.69) is 9.97 Å². The number of aromatic nitrogens is 5. The van der Waals surface area contributed by atoms with Gasteiger partial charge in [0.2, 0.25) is 0 Å². The summed E-state index contributed by atoms with van der Waals surface area (Å²) in [6.07, 6.45) is 1.44. The van der Waals surface area contributed by atoms with Gasteiger partial charge in [0.25, 0.3) is 5.56 Å². The lowest BCUT2D eigenvalue weighted by molar-refractivity contribution is 0.548. The van der Waals surface area contributed by atoms with E-state index in [9.17, 15) is 4.79 Å². The van der Waals surface area contributed by atoms with Gasteiger partial charge in [0.1, 0.15) is 12.1 Å². The molecule has 0 aliphatic heterocycles. The average Bonchev–Trinajstić information content (AvgIpc) is 3.18. The van der Waals surface area contributed by atoms with E-state index in [0.29, 0.717) is 16.9 Å². The summed E-state index contributed by atoms with van der Waals surface area (Å²) in [5.41, 5.74) is 9.02. The molecule has 3 heterocycles. The highest BCUT2D eigenvalue weighted by molar-refractivity contribution is 5.88. The van der Waals surface area contributed by atoms with Crippen molar-refractivity contribution in [2.75, 3.05) is 5.73 Å². The van der Waals surface area contributed by atoms with Crippen LogP contribution in [0.1, 0.15) is 38.2 Å². The first-order valence-electron chi connectivity index (χ1n) is 10.7. The highest BCUT2D eigenvalue weighted by Crippen LogP contribution is 2.28. The third-order valence-electron chi connectivity index (χ3n) is 5.46. The zero-order valence-corrected chi connectivity index (χ0v) is 18.6. The first-order valence-corrected chi connectivity index (χ1v) is 10.7. The van der Waals surface area contributed by atoms with Crippen LogP contribution >= 0.6 is 0 Å². The van der Waals surface area contributed by atoms with Crippen molar-refractivity contribution in [3.63, 3.8) is 0 Å². The zero-order chi connectivity index (χ0) is 22.8. The number of nitrogen functional groups attached to an aromatic ring is 1. The van der Waals surface area contributed by atoms with Crippen molar-refractivity contribution in [3.8, 4) is 5.69 Å². The van der Waals surface area contributed by atoms with Crippen LogP contribution in [0.25, 0.3) is 27.5 Å². The highest BCUT2D eigenvalue weighted by Gasteiger charge is 2.22. The standard InChI is InChI=1S/C23H20N6O.C2H6/c1-14-20-21(24)25-13-26-22(20)29(27-14)15(2)19-12-16-8-6-7-11-18(16)23(30)28(19)17-9-4-3-5-10-17;1-2/h3-13,15H,1-2H3,(H2,24,25,26);1-2H3. The monoisotopic (exact) mass is 426 g/mol. The van der Waals surface area contributed by atoms with Crippen LogP contribution in [0.5, 0.6) is 0 Å². The lowest BCUT2D eigenvalue weighted by atomic mass is 10.1. The third kappa shape index (κ3) is 3.41. The molecule has 7 heteroatoms. The predicted octanol–water partition coefficient (Wildman–Crippen LogP) is 4.66. The summed E-state index contributed by atoms with van der Waals surface area (Å²) in [7, 11) is 0. The minimum Gasteiger partial charge on any atom is -0.383 e. The molecule has 2 N–H and O–H groups in total. The van der Waals surface area contributed by atoms with E-state index in [1.165, 1.54) is 6.33 Å². The maximum Gasteiger partial charge on any atom is 0.263 e. The van der Waals surface area contributed by atoms with E-state index in [1.807, 2.05) is 93.0 Å². The SMILES string of the molecule is CC.Cc1nn(C(C)c2cc3ccccc3c(=O)n2-c2ccccc2)c2ncnc(N)c12. The topological polar surface area (TPSA) is 91.6 Å². The second kappa shape index (κ2) is 8.63. The Labute approximate surface area is 186 Å². The normalized spacial score (nSPS) is 11.9. The molecule has 0 radical (unpaired) electrons. The van der Waals surface area contributed by atoms with Crippen LogP contribution in [-0.2, 0) is 0 Å². The van der Waals surface area contributed by atoms with Crippen LogP contribution in [0.3, 0.4) is 0 Å². The molecule has 5 rings (SSSR count). The van der Waals surface area contributed by atoms with Gasteiger partial charge in [-0.25, -0.2) is 14.6 Å². The lowest BCUT2D eigenvalue weighted by Crippen LogP contribution is -2.25. The van der Waals surface area contributed by atoms with E-state index in [0.717, 1.165) is 27.8 Å². The minimum atomic E-state index is -0.270. The Morgan fingerprint density at radius 3 is 2.41 bits per heavy atom. The fourth-order valence-electron chi connectivity index (χ4n) is 3.99. The van der Waals surface area contributed by atoms with Gasteiger partial charge in [-0.05, 0) is 43.5 Å². The number of rotatable bonds is 3. The number of hydrogen-bond donors (Lipinski definition) is 1. The number of para-hydroxylation sites is 1. The molecule has 0 amide bonds. The smallest absolute Gasteiger partial charge is 0.263 e. The van der Waals surface area contributed by atoms with Crippen molar-refractivity contribution in [2.24, 2.45) is 0 Å². The van der Waals surface area contributed by atoms with Gasteiger partial charge in [-0.1, -0.05) is 50.2 Å². The minimum absolute atomic E-state index is 0.0662. The Bertz CT molecular complexity index is 1450. The van der Waals surface area contributed by atoms with Crippen LogP contribution in [0.15, 0.2) is 71.8 Å². The van der Waals surface area contributed by atoms with Crippen molar-refractivity contribution < 1.29 is 0 Å². The summed E-state index contributed by atoms with van der Waals surface area (Å²) in [6.45, 7) is 7.89. The van der Waals surface area contributed by atoms with Gasteiger partial charge in [0.05, 0.1) is 22.8 Å². The number of benzene rings is 2. The van der Waals surface area contributed by atoms with E-state index in [1.54, 1.807) is 4.57 Å². The molecule has 0 saturated heterocycles. The number of nitrogens with zero attached hydrogens (tertiary/aromatic N) is 5. The predicted molar refractivity (Wildman–Crippen MR) is 129 cm³/mol. The van der Waals surface area contributed by atoms with Gasteiger partial charge < -0.3 is 5.73 Å². The Morgan fingerprint density at radius 1 is 0.969 bits per heavy atom. The molecule has 32 heavy (non-hydrogen) atoms. The summed E-state index contributed by atoms with van der Waals surface area (Å²) in [5.74, 6) is 0.398. The molecule has 1 unspecified atom stereocenters. The maximum absolute atomic E-state index is 13.5. The maximum atomic E-state index is 13.5. The van der Waals surface area contributed by atoms with E-state index in [-0.39, 0.29) is 11.6 Å². The molecule has 3 aromatic heterocycles. The van der Waals surface area contributed by atoms with Crippen molar-refractivity contribution in [2.45, 2.75) is 33.7 Å². The number of hydrogen-bond acceptors (Lipinski definition) is 5. The van der Waals surface area contributed by atoms with Crippen LogP contribution in [0.4, 0.5) is 5.82 Å². The molecular weight excluding hydrogens is 400 g/mol. The summed E-state index contributed by atoms with van der Waals surface area (Å²) < 4.78 is 3.56. The van der Waals surface area contributed by atoms with Crippen molar-refractivity contribution in [1.82, 2.24) is 24.3 Å². The van der Waals surface area contributed by atoms with Crippen molar-refractivity contribution in [3.05, 3.63) is 88.7 Å². The van der Waals surface area contributed by atoms with Gasteiger partial charge in [-0.2, -0.15) is 5.10 Å². The second-order valence-corrected chi connectivity index (χ2v) is 7.30. The first kappa shape index (κ1) is 21.2. The molecular formula is C25H26N6O. The van der Waals surface area contributed by atoms with Crippen LogP contribution in [0.2, 0.25) is 0 Å². The molecule has 1 atom stereocenters. The summed E-state index contributed by atoms with van der Waals surface area (Å²) in [4.78, 5) is 22.0. The molecule has 0 aliphatic carbocycles. The average molecular weight is 427 g/mol. The number of fused-ring (bicyclic) bond motifs is 2. The molecule has 0 saturated carbocycles. The first-order chi connectivity index (χ1) is 15.6. The number of anilines is 1. The number of aryl methyl sites for hydroxylation is 1. The molecule has 0 bridgehead atoms. The van der Waals surface area contributed by atoms with E-state index >= 15 is 0 Å². The second-order valence-electron chi connectivity index (χ2n) is 7.30. The summed E-state index contributed by atoms with van der Waals surface area (Å²) in [6, 6.07) is 19.0. The summed E-state index contributed by atoms with van der Waals surface area (Å²) >= 11 is 0. The number of nitrogens with two attached hydrogens (primary N) is 1. The molecule has 162 valence electrons. The van der Waals surface area contributed by atoms with E-state index < -0.39 is 0 Å². The van der Waals surface area contributed by atoms with Crippen LogP contribution in [-0.4, -0.2) is 24.3 Å². The molecule has 0 spiro atoms. The fourth-order valence-corrected chi connectivity index (χ4v) is 3.99. The fraction of sp³-hybridized carbons (Fsp3) is 0.200. The Hall–Kier alpha value is -4.00. The largest absolute Gasteiger partial charge is 0.383 e. The van der Waals surface area contributed by atoms with Crippen LogP contribution < -0.4 is 11.3 Å². The highest BCUT2D eigenvalue weighted by atomic mass is 16.1. The van der Waals surface area contributed by atoms with Crippen molar-refractivity contribution >= 4 is 27.6 Å². The Balaban J connectivity index is 0.00000119. The molecule has 0 aliphatic rings. The lowest BCUT2D eigenvalue weighted by Gasteiger charge is -2.20. The van der Waals surface area contributed by atoms with Gasteiger partial charge in [-0.15, -0.1) is 0 Å². The quantitative estimate of drug-likeness (QED) is 0.453. The Morgan fingerprint density at radius 2 is 1.66 bits per heavy atom. The summed E-state index contributed by atoms with van der Waals surface area (Å²) in [5, 5.41) is 6.98. The van der Waals surface area contributed by atoms with E-state index in [4.69, 9.17) is 10.8 Å². The molecule has 5 aromatic rings. The Kier molecular flexibility index (Phi) is 5.73. The van der Waals surface area contributed by atoms with Gasteiger partial charge in [0.15, 0.2) is 5.65 Å². The van der Waals surface area contributed by atoms with Crippen molar-refractivity contribution in [1.29, 1.82) is 0 Å². The molecule has 0 fully saturated rings. The van der Waals surface area contributed by atoms with Gasteiger partial charge in [0, 0.05) is 11.1 Å². The third-order valence-corrected chi connectivity index (χ3v) is 5.46. The molecule has 7 nitrogen and oxygen atoms in total. The number of pyridine rings is 1. The van der Waals surface area contributed by atoms with Gasteiger partial charge in [-0.3, -0.25) is 9.36 Å². The molecule has 2 aromatic carbocycles. The van der Waals surface area contributed by atoms with Crippen LogP contribution in [0, 0.1) is 6.92 Å². The van der Waals surface area contributed by atoms with Gasteiger partial charge >= 0.3 is 0 Å². The zero-order valence-electron chi connectivity index (χ0n) is 18.6.